The summed E-state index contributed by atoms with van der Waals surface area (Å²) in [5, 5.41) is 5.34. The van der Waals surface area contributed by atoms with E-state index in [4.69, 9.17) is 0 Å². The Morgan fingerprint density at radius 3 is 3.00 bits per heavy atom. The van der Waals surface area contributed by atoms with Crippen LogP contribution in [0.2, 0.25) is 0 Å². The van der Waals surface area contributed by atoms with Crippen LogP contribution in [0.15, 0.2) is 28.1 Å². The third-order valence-corrected chi connectivity index (χ3v) is 2.74. The van der Waals surface area contributed by atoms with E-state index in [0.29, 0.717) is 11.4 Å². The molecule has 17 heavy (non-hydrogen) atoms. The van der Waals surface area contributed by atoms with Gasteiger partial charge in [0.2, 0.25) is 0 Å². The molecule has 0 unspecified atom stereocenters. The lowest BCUT2D eigenvalue weighted by molar-refractivity contribution is 1.02. The molecule has 0 saturated heterocycles. The van der Waals surface area contributed by atoms with Gasteiger partial charge >= 0.3 is 0 Å². The molecule has 0 atom stereocenters. The van der Waals surface area contributed by atoms with Crippen LogP contribution in [0.4, 0.5) is 5.82 Å². The molecular weight excluding hydrogens is 216 g/mol. The smallest absolute Gasteiger partial charge is 0.271 e. The Labute approximate surface area is 96.9 Å². The van der Waals surface area contributed by atoms with Crippen LogP contribution in [-0.4, -0.2) is 21.4 Å². The third-order valence-electron chi connectivity index (χ3n) is 2.74. The zero-order valence-corrected chi connectivity index (χ0v) is 9.19. The quantitative estimate of drug-likeness (QED) is 0.776. The minimum absolute atomic E-state index is 0.124. The van der Waals surface area contributed by atoms with Gasteiger partial charge in [-0.15, -0.1) is 0 Å². The zero-order chi connectivity index (χ0) is 11.8. The maximum atomic E-state index is 11.5. The first-order valence-electron chi connectivity index (χ1n) is 5.24. The van der Waals surface area contributed by atoms with Crippen molar-refractivity contribution in [3.63, 3.8) is 0 Å². The molecule has 0 saturated carbocycles. The van der Waals surface area contributed by atoms with Gasteiger partial charge in [-0.2, -0.15) is 0 Å². The molecule has 0 fully saturated rings. The van der Waals surface area contributed by atoms with E-state index < -0.39 is 0 Å². The van der Waals surface area contributed by atoms with Gasteiger partial charge in [0, 0.05) is 29.2 Å². The van der Waals surface area contributed by atoms with Gasteiger partial charge in [0.15, 0.2) is 5.82 Å². The van der Waals surface area contributed by atoms with E-state index in [2.05, 4.69) is 20.2 Å². The van der Waals surface area contributed by atoms with Crippen molar-refractivity contribution in [2.75, 3.05) is 0 Å². The summed E-state index contributed by atoms with van der Waals surface area (Å²) in [6.07, 6.45) is 5.25. The van der Waals surface area contributed by atoms with Crippen molar-refractivity contribution < 1.29 is 0 Å². The number of hydrogen-bond donors (Lipinski definition) is 2. The SMILES string of the molecule is Cc1[nH][nH]c(=O)c1/C=C1/C=Nc2ncccc21. The molecule has 0 spiro atoms. The Morgan fingerprint density at radius 2 is 2.24 bits per heavy atom. The van der Waals surface area contributed by atoms with Gasteiger partial charge in [0.25, 0.3) is 5.56 Å². The molecule has 84 valence electrons. The van der Waals surface area contributed by atoms with Crippen molar-refractivity contribution in [2.45, 2.75) is 6.92 Å². The number of hydrogen-bond acceptors (Lipinski definition) is 3. The number of aromatic amines is 2. The lowest BCUT2D eigenvalue weighted by Gasteiger charge is -1.97. The fourth-order valence-electron chi connectivity index (χ4n) is 1.83. The average Bonchev–Trinajstić information content (AvgIpc) is 2.88. The predicted molar refractivity (Wildman–Crippen MR) is 66.4 cm³/mol. The third kappa shape index (κ3) is 1.52. The van der Waals surface area contributed by atoms with E-state index in [1.54, 1.807) is 12.4 Å². The Morgan fingerprint density at radius 1 is 1.35 bits per heavy atom. The second kappa shape index (κ2) is 3.55. The number of aromatic nitrogens is 3. The monoisotopic (exact) mass is 226 g/mol. The van der Waals surface area contributed by atoms with Gasteiger partial charge in [-0.05, 0) is 25.1 Å². The van der Waals surface area contributed by atoms with Crippen molar-refractivity contribution in [2.24, 2.45) is 4.99 Å². The molecule has 1 aliphatic heterocycles. The minimum atomic E-state index is -0.124. The molecule has 0 bridgehead atoms. The Bertz CT molecular complexity index is 691. The summed E-state index contributed by atoms with van der Waals surface area (Å²) in [5.74, 6) is 0.698. The number of nitrogens with zero attached hydrogens (tertiary/aromatic N) is 2. The molecule has 1 aliphatic rings. The summed E-state index contributed by atoms with van der Waals surface area (Å²) >= 11 is 0. The number of allylic oxidation sites excluding steroid dienone is 1. The summed E-state index contributed by atoms with van der Waals surface area (Å²) < 4.78 is 0. The lowest BCUT2D eigenvalue weighted by atomic mass is 10.1. The first-order chi connectivity index (χ1) is 8.25. The molecule has 3 rings (SSSR count). The van der Waals surface area contributed by atoms with E-state index in [9.17, 15) is 4.79 Å². The highest BCUT2D eigenvalue weighted by molar-refractivity contribution is 6.20. The number of nitrogens with one attached hydrogen (secondary N) is 2. The Hall–Kier alpha value is -2.43. The van der Waals surface area contributed by atoms with Gasteiger partial charge in [0.1, 0.15) is 0 Å². The predicted octanol–water partition coefficient (Wildman–Crippen LogP) is 1.66. The number of rotatable bonds is 1. The van der Waals surface area contributed by atoms with Gasteiger partial charge in [0.05, 0.1) is 5.56 Å². The second-order valence-electron chi connectivity index (χ2n) is 3.85. The molecule has 0 aromatic carbocycles. The van der Waals surface area contributed by atoms with Gasteiger partial charge in [-0.25, -0.2) is 9.98 Å². The standard InChI is InChI=1S/C12H10N4O/c1-7-10(12(17)16-15-7)5-8-6-14-11-9(8)3-2-4-13-11/h2-6H,1H3,(H2,15,16,17)/b8-5-. The molecule has 2 aromatic heterocycles. The van der Waals surface area contributed by atoms with E-state index in [1.165, 1.54) is 0 Å². The minimum Gasteiger partial charge on any atom is -0.302 e. The molecule has 3 heterocycles. The Balaban J connectivity index is 2.15. The maximum Gasteiger partial charge on any atom is 0.271 e. The van der Waals surface area contributed by atoms with Crippen LogP contribution in [0.5, 0.6) is 0 Å². The first kappa shape index (κ1) is 9.77. The number of aliphatic imine (C=N–C) groups is 1. The van der Waals surface area contributed by atoms with E-state index in [1.807, 2.05) is 25.1 Å². The van der Waals surface area contributed by atoms with Gasteiger partial charge in [-0.3, -0.25) is 9.89 Å². The molecule has 5 heteroatoms. The highest BCUT2D eigenvalue weighted by Crippen LogP contribution is 2.29. The number of H-pyrrole nitrogens is 2. The fourth-order valence-corrected chi connectivity index (χ4v) is 1.83. The molecule has 2 N–H and O–H groups in total. The fraction of sp³-hybridized carbons (Fsp3) is 0.0833. The average molecular weight is 226 g/mol. The summed E-state index contributed by atoms with van der Waals surface area (Å²) in [7, 11) is 0. The first-order valence-corrected chi connectivity index (χ1v) is 5.24. The van der Waals surface area contributed by atoms with Crippen molar-refractivity contribution in [3.05, 3.63) is 45.5 Å². The van der Waals surface area contributed by atoms with Crippen LogP contribution in [0.1, 0.15) is 16.8 Å². The zero-order valence-electron chi connectivity index (χ0n) is 9.19. The highest BCUT2D eigenvalue weighted by atomic mass is 16.1. The molecule has 0 amide bonds. The van der Waals surface area contributed by atoms with Crippen LogP contribution >= 0.6 is 0 Å². The van der Waals surface area contributed by atoms with Crippen molar-refractivity contribution in [1.29, 1.82) is 0 Å². The van der Waals surface area contributed by atoms with E-state index in [-0.39, 0.29) is 5.56 Å². The van der Waals surface area contributed by atoms with E-state index in [0.717, 1.165) is 16.8 Å². The maximum absolute atomic E-state index is 11.5. The molecule has 2 aromatic rings. The highest BCUT2D eigenvalue weighted by Gasteiger charge is 2.13. The summed E-state index contributed by atoms with van der Waals surface area (Å²) in [6.45, 7) is 1.85. The number of pyridine rings is 1. The largest absolute Gasteiger partial charge is 0.302 e. The van der Waals surface area contributed by atoms with E-state index >= 15 is 0 Å². The molecular formula is C12H10N4O. The lowest BCUT2D eigenvalue weighted by Crippen LogP contribution is -2.02. The van der Waals surface area contributed by atoms with Gasteiger partial charge < -0.3 is 5.10 Å². The van der Waals surface area contributed by atoms with Crippen LogP contribution in [0.3, 0.4) is 0 Å². The number of fused-ring (bicyclic) bond motifs is 1. The molecule has 0 aliphatic carbocycles. The summed E-state index contributed by atoms with van der Waals surface area (Å²) in [5.41, 5.74) is 3.17. The second-order valence-corrected chi connectivity index (χ2v) is 3.85. The van der Waals surface area contributed by atoms with Crippen molar-refractivity contribution >= 4 is 23.7 Å². The van der Waals surface area contributed by atoms with Gasteiger partial charge in [-0.1, -0.05) is 0 Å². The van der Waals surface area contributed by atoms with Crippen LogP contribution in [0, 0.1) is 6.92 Å². The van der Waals surface area contributed by atoms with Crippen molar-refractivity contribution in [1.82, 2.24) is 15.2 Å². The number of aryl methyl sites for hydroxylation is 1. The summed E-state index contributed by atoms with van der Waals surface area (Å²) in [4.78, 5) is 19.9. The van der Waals surface area contributed by atoms with Crippen LogP contribution in [-0.2, 0) is 0 Å². The van der Waals surface area contributed by atoms with Crippen LogP contribution < -0.4 is 5.56 Å². The normalized spacial score (nSPS) is 15.5. The van der Waals surface area contributed by atoms with Crippen LogP contribution in [0.25, 0.3) is 11.6 Å². The Kier molecular flexibility index (Phi) is 2.04. The molecule has 0 radical (unpaired) electrons. The topological polar surface area (TPSA) is 73.9 Å². The van der Waals surface area contributed by atoms with Crippen molar-refractivity contribution in [3.8, 4) is 0 Å². The molecule has 5 nitrogen and oxygen atoms in total. The summed E-state index contributed by atoms with van der Waals surface area (Å²) in [6, 6.07) is 3.80.